The minimum atomic E-state index is 0.258. The Balaban J connectivity index is 1.42. The fraction of sp³-hybridized carbons (Fsp3) is 0.263. The number of rotatable bonds is 6. The van der Waals surface area contributed by atoms with Crippen molar-refractivity contribution in [1.29, 1.82) is 0 Å². The van der Waals surface area contributed by atoms with Crippen LogP contribution in [-0.4, -0.2) is 30.6 Å². The number of hydrazone groups is 1. The van der Waals surface area contributed by atoms with Crippen LogP contribution in [0.15, 0.2) is 59.7 Å². The van der Waals surface area contributed by atoms with Gasteiger partial charge in [0.25, 0.3) is 0 Å². The molecule has 3 N–H and O–H groups in total. The monoisotopic (exact) mass is 354 g/mol. The highest BCUT2D eigenvalue weighted by molar-refractivity contribution is 7.80. The fourth-order valence-corrected chi connectivity index (χ4v) is 2.69. The van der Waals surface area contributed by atoms with E-state index in [0.29, 0.717) is 5.11 Å². The topological polar surface area (TPSA) is 57.7 Å². The molecule has 1 atom stereocenters. The van der Waals surface area contributed by atoms with E-state index in [-0.39, 0.29) is 6.10 Å². The first-order valence-corrected chi connectivity index (χ1v) is 8.81. The van der Waals surface area contributed by atoms with Gasteiger partial charge in [-0.2, -0.15) is 5.10 Å². The van der Waals surface area contributed by atoms with Crippen LogP contribution >= 0.6 is 12.2 Å². The first kappa shape index (κ1) is 17.4. The van der Waals surface area contributed by atoms with Crippen molar-refractivity contribution >= 4 is 34.9 Å². The molecule has 0 amide bonds. The lowest BCUT2D eigenvalue weighted by atomic mass is 10.2. The molecule has 3 rings (SSSR count). The highest BCUT2D eigenvalue weighted by atomic mass is 32.1. The summed E-state index contributed by atoms with van der Waals surface area (Å²) in [6.07, 6.45) is 4.21. The molecule has 1 aliphatic rings. The van der Waals surface area contributed by atoms with Crippen molar-refractivity contribution in [2.24, 2.45) is 5.10 Å². The smallest absolute Gasteiger partial charge is 0.187 e. The molecule has 0 unspecified atom stereocenters. The van der Waals surface area contributed by atoms with Crippen LogP contribution < -0.4 is 16.1 Å². The van der Waals surface area contributed by atoms with E-state index >= 15 is 0 Å². The van der Waals surface area contributed by atoms with Crippen LogP contribution in [0.2, 0.25) is 0 Å². The molecule has 130 valence electrons. The molecule has 25 heavy (non-hydrogen) atoms. The molecular weight excluding hydrogens is 332 g/mol. The van der Waals surface area contributed by atoms with Crippen molar-refractivity contribution in [2.75, 3.05) is 18.5 Å². The third kappa shape index (κ3) is 5.85. The normalized spacial score (nSPS) is 16.7. The zero-order valence-corrected chi connectivity index (χ0v) is 14.8. The average molecular weight is 354 g/mol. The first-order valence-electron chi connectivity index (χ1n) is 8.40. The van der Waals surface area contributed by atoms with Gasteiger partial charge in [0, 0.05) is 24.5 Å². The number of hydrogen-bond donors (Lipinski definition) is 3. The van der Waals surface area contributed by atoms with E-state index in [1.54, 1.807) is 6.21 Å². The lowest BCUT2D eigenvalue weighted by Gasteiger charge is -2.11. The Hall–Kier alpha value is -2.44. The number of nitrogens with one attached hydrogen (secondary N) is 3. The van der Waals surface area contributed by atoms with Gasteiger partial charge in [0.1, 0.15) is 0 Å². The van der Waals surface area contributed by atoms with Crippen LogP contribution in [-0.2, 0) is 4.74 Å². The largest absolute Gasteiger partial charge is 0.376 e. The van der Waals surface area contributed by atoms with Gasteiger partial charge in [-0.15, -0.1) is 0 Å². The Morgan fingerprint density at radius 1 is 1.12 bits per heavy atom. The van der Waals surface area contributed by atoms with Crippen LogP contribution in [0.3, 0.4) is 0 Å². The SMILES string of the molecule is S=C(NC[C@@H]1CCCO1)N/N=C\c1ccc(Nc2ccccc2)cc1. The molecular formula is C19H22N4OS. The summed E-state index contributed by atoms with van der Waals surface area (Å²) in [5.74, 6) is 0. The summed E-state index contributed by atoms with van der Waals surface area (Å²) in [6, 6.07) is 18.1. The maximum absolute atomic E-state index is 5.54. The standard InChI is InChI=1S/C19H22N4OS/c25-19(20-14-18-7-4-12-24-18)23-21-13-15-8-10-17(11-9-15)22-16-5-2-1-3-6-16/h1-3,5-6,8-11,13,18,22H,4,7,12,14H2,(H2,20,23,25)/b21-13-/t18-/m0/s1. The molecule has 0 saturated carbocycles. The summed E-state index contributed by atoms with van der Waals surface area (Å²) in [7, 11) is 0. The number of thiocarbonyl (C=S) groups is 1. The lowest BCUT2D eigenvalue weighted by molar-refractivity contribution is 0.114. The predicted molar refractivity (Wildman–Crippen MR) is 106 cm³/mol. The zero-order valence-electron chi connectivity index (χ0n) is 13.9. The maximum Gasteiger partial charge on any atom is 0.187 e. The second-order valence-electron chi connectivity index (χ2n) is 5.83. The van der Waals surface area contributed by atoms with Crippen molar-refractivity contribution in [3.63, 3.8) is 0 Å². The predicted octanol–water partition coefficient (Wildman–Crippen LogP) is 3.41. The Labute approximate surface area is 153 Å². The van der Waals surface area contributed by atoms with Gasteiger partial charge in [-0.3, -0.25) is 5.43 Å². The number of nitrogens with zero attached hydrogens (tertiary/aromatic N) is 1. The Bertz CT molecular complexity index is 697. The maximum atomic E-state index is 5.54. The summed E-state index contributed by atoms with van der Waals surface area (Å²) in [5, 5.41) is 11.1. The molecule has 1 heterocycles. The molecule has 1 fully saturated rings. The second-order valence-corrected chi connectivity index (χ2v) is 6.24. The summed E-state index contributed by atoms with van der Waals surface area (Å²) >= 11 is 5.20. The number of para-hydroxylation sites is 1. The van der Waals surface area contributed by atoms with Crippen molar-refractivity contribution in [2.45, 2.75) is 18.9 Å². The summed E-state index contributed by atoms with van der Waals surface area (Å²) in [5.41, 5.74) is 5.92. The van der Waals surface area contributed by atoms with Crippen molar-refractivity contribution in [1.82, 2.24) is 10.7 Å². The fourth-order valence-electron chi connectivity index (χ4n) is 2.56. The molecule has 2 aromatic rings. The van der Waals surface area contributed by atoms with Crippen molar-refractivity contribution in [3.8, 4) is 0 Å². The van der Waals surface area contributed by atoms with E-state index in [4.69, 9.17) is 17.0 Å². The van der Waals surface area contributed by atoms with Gasteiger partial charge < -0.3 is 15.4 Å². The Morgan fingerprint density at radius 2 is 1.88 bits per heavy atom. The molecule has 0 spiro atoms. The molecule has 0 bridgehead atoms. The molecule has 0 aromatic heterocycles. The summed E-state index contributed by atoms with van der Waals surface area (Å²) < 4.78 is 5.54. The summed E-state index contributed by atoms with van der Waals surface area (Å²) in [4.78, 5) is 0. The molecule has 6 heteroatoms. The minimum absolute atomic E-state index is 0.258. The van der Waals surface area contributed by atoms with E-state index in [2.05, 4.69) is 21.2 Å². The number of benzene rings is 2. The third-order valence-corrected chi connectivity index (χ3v) is 4.10. The quantitative estimate of drug-likeness (QED) is 0.422. The van der Waals surface area contributed by atoms with Gasteiger partial charge in [0.2, 0.25) is 0 Å². The molecule has 1 aliphatic heterocycles. The Morgan fingerprint density at radius 3 is 2.60 bits per heavy atom. The van der Waals surface area contributed by atoms with Crippen LogP contribution in [0.1, 0.15) is 18.4 Å². The van der Waals surface area contributed by atoms with Gasteiger partial charge in [0.15, 0.2) is 5.11 Å². The zero-order chi connectivity index (χ0) is 17.3. The molecule has 2 aromatic carbocycles. The van der Waals surface area contributed by atoms with Gasteiger partial charge in [-0.05, 0) is 54.9 Å². The van der Waals surface area contributed by atoms with Crippen LogP contribution in [0.4, 0.5) is 11.4 Å². The van der Waals surface area contributed by atoms with Gasteiger partial charge in [-0.25, -0.2) is 0 Å². The van der Waals surface area contributed by atoms with Crippen LogP contribution in [0, 0.1) is 0 Å². The van der Waals surface area contributed by atoms with Crippen molar-refractivity contribution < 1.29 is 4.74 Å². The van der Waals surface area contributed by atoms with E-state index in [0.717, 1.165) is 42.9 Å². The average Bonchev–Trinajstić information content (AvgIpc) is 3.16. The molecule has 5 nitrogen and oxygen atoms in total. The van der Waals surface area contributed by atoms with Gasteiger partial charge in [-0.1, -0.05) is 30.3 Å². The first-order chi connectivity index (χ1) is 12.3. The van der Waals surface area contributed by atoms with Gasteiger partial charge in [0.05, 0.1) is 12.3 Å². The lowest BCUT2D eigenvalue weighted by Crippen LogP contribution is -2.37. The van der Waals surface area contributed by atoms with Crippen molar-refractivity contribution in [3.05, 3.63) is 60.2 Å². The number of hydrogen-bond acceptors (Lipinski definition) is 4. The van der Waals surface area contributed by atoms with E-state index < -0.39 is 0 Å². The number of ether oxygens (including phenoxy) is 1. The van der Waals surface area contributed by atoms with Crippen LogP contribution in [0.25, 0.3) is 0 Å². The van der Waals surface area contributed by atoms with E-state index in [9.17, 15) is 0 Å². The van der Waals surface area contributed by atoms with E-state index in [1.165, 1.54) is 0 Å². The van der Waals surface area contributed by atoms with Gasteiger partial charge >= 0.3 is 0 Å². The minimum Gasteiger partial charge on any atom is -0.376 e. The molecule has 0 aliphatic carbocycles. The highest BCUT2D eigenvalue weighted by Crippen LogP contribution is 2.16. The number of anilines is 2. The van der Waals surface area contributed by atoms with E-state index in [1.807, 2.05) is 54.6 Å². The Kier molecular flexibility index (Phi) is 6.36. The second kappa shape index (κ2) is 9.15. The third-order valence-electron chi connectivity index (χ3n) is 3.87. The molecule has 1 saturated heterocycles. The molecule has 0 radical (unpaired) electrons. The van der Waals surface area contributed by atoms with Crippen LogP contribution in [0.5, 0.6) is 0 Å². The highest BCUT2D eigenvalue weighted by Gasteiger charge is 2.14. The summed E-state index contributed by atoms with van der Waals surface area (Å²) in [6.45, 7) is 1.57.